The van der Waals surface area contributed by atoms with E-state index < -0.39 is 17.8 Å². The van der Waals surface area contributed by atoms with Crippen molar-refractivity contribution < 1.29 is 18.0 Å². The lowest BCUT2D eigenvalue weighted by Gasteiger charge is -2.25. The number of halogens is 3. The maximum atomic E-state index is 13.2. The van der Waals surface area contributed by atoms with Crippen LogP contribution in [0.1, 0.15) is 41.9 Å². The lowest BCUT2D eigenvalue weighted by Crippen LogP contribution is -2.29. The monoisotopic (exact) mass is 410 g/mol. The van der Waals surface area contributed by atoms with Crippen molar-refractivity contribution in [2.24, 2.45) is 0 Å². The summed E-state index contributed by atoms with van der Waals surface area (Å²) >= 11 is 1.53. The summed E-state index contributed by atoms with van der Waals surface area (Å²) in [5.41, 5.74) is -0.444. The van der Waals surface area contributed by atoms with Gasteiger partial charge in [-0.3, -0.25) is 4.79 Å². The molecule has 5 nitrogen and oxygen atoms in total. The second kappa shape index (κ2) is 8.81. The molecular formula is C19H21F3N4OS. The molecule has 1 aliphatic rings. The van der Waals surface area contributed by atoms with Crippen LogP contribution in [0.15, 0.2) is 35.2 Å². The number of nitrogens with zero attached hydrogens (tertiary/aromatic N) is 3. The molecule has 0 spiro atoms. The van der Waals surface area contributed by atoms with Gasteiger partial charge >= 0.3 is 6.18 Å². The average molecular weight is 410 g/mol. The number of benzene rings is 1. The van der Waals surface area contributed by atoms with Crippen LogP contribution in [-0.2, 0) is 6.18 Å². The zero-order valence-electron chi connectivity index (χ0n) is 15.4. The summed E-state index contributed by atoms with van der Waals surface area (Å²) in [6.45, 7) is 1.18. The van der Waals surface area contributed by atoms with Crippen LogP contribution in [-0.4, -0.2) is 35.4 Å². The largest absolute Gasteiger partial charge is 0.435 e. The minimum atomic E-state index is -4.62. The fourth-order valence-corrected chi connectivity index (χ4v) is 3.59. The SMILES string of the molecule is CSc1cccc(NC(=O)c2nnc(C(F)(F)F)cc2N2CCCCCC2)c1. The Morgan fingerprint density at radius 1 is 1.11 bits per heavy atom. The maximum Gasteiger partial charge on any atom is 0.435 e. The highest BCUT2D eigenvalue weighted by atomic mass is 32.2. The summed E-state index contributed by atoms with van der Waals surface area (Å²) in [7, 11) is 0. The molecule has 0 atom stereocenters. The smallest absolute Gasteiger partial charge is 0.370 e. The van der Waals surface area contributed by atoms with Gasteiger partial charge in [0.2, 0.25) is 0 Å². The third-order valence-electron chi connectivity index (χ3n) is 4.55. The number of hydrogen-bond donors (Lipinski definition) is 1. The number of carbonyl (C=O) groups excluding carboxylic acids is 1. The second-order valence-corrected chi connectivity index (χ2v) is 7.43. The van der Waals surface area contributed by atoms with E-state index in [9.17, 15) is 18.0 Å². The first-order valence-corrected chi connectivity index (χ1v) is 10.3. The van der Waals surface area contributed by atoms with E-state index in [0.29, 0.717) is 18.8 Å². The number of anilines is 2. The Morgan fingerprint density at radius 3 is 2.46 bits per heavy atom. The third-order valence-corrected chi connectivity index (χ3v) is 5.28. The minimum absolute atomic E-state index is 0.0931. The molecule has 0 saturated carbocycles. The summed E-state index contributed by atoms with van der Waals surface area (Å²) in [5.74, 6) is -0.571. The van der Waals surface area contributed by atoms with E-state index in [1.807, 2.05) is 17.2 Å². The van der Waals surface area contributed by atoms with E-state index in [1.54, 1.807) is 18.2 Å². The number of amides is 1. The molecule has 0 aliphatic carbocycles. The first kappa shape index (κ1) is 20.4. The molecular weight excluding hydrogens is 389 g/mol. The van der Waals surface area contributed by atoms with Gasteiger partial charge in [0, 0.05) is 23.7 Å². The molecule has 1 aliphatic heterocycles. The van der Waals surface area contributed by atoms with Crippen molar-refractivity contribution >= 4 is 29.0 Å². The van der Waals surface area contributed by atoms with Crippen molar-refractivity contribution in [3.8, 4) is 0 Å². The number of alkyl halides is 3. The maximum absolute atomic E-state index is 13.2. The normalized spacial score (nSPS) is 15.2. The van der Waals surface area contributed by atoms with Crippen LogP contribution >= 0.6 is 11.8 Å². The molecule has 9 heteroatoms. The molecule has 2 aromatic rings. The van der Waals surface area contributed by atoms with Crippen LogP contribution in [0.2, 0.25) is 0 Å². The van der Waals surface area contributed by atoms with Crippen molar-refractivity contribution in [3.63, 3.8) is 0 Å². The van der Waals surface area contributed by atoms with Crippen molar-refractivity contribution in [2.45, 2.75) is 36.8 Å². The number of hydrogen-bond acceptors (Lipinski definition) is 5. The first-order chi connectivity index (χ1) is 13.4. The molecule has 3 rings (SSSR count). The highest BCUT2D eigenvalue weighted by molar-refractivity contribution is 7.98. The quantitative estimate of drug-likeness (QED) is 0.731. The van der Waals surface area contributed by atoms with Crippen LogP contribution in [0.3, 0.4) is 0 Å². The van der Waals surface area contributed by atoms with Gasteiger partial charge in [0.1, 0.15) is 0 Å². The molecule has 0 unspecified atom stereocenters. The Kier molecular flexibility index (Phi) is 6.43. The van der Waals surface area contributed by atoms with Crippen LogP contribution in [0.4, 0.5) is 24.5 Å². The molecule has 150 valence electrons. The molecule has 0 bridgehead atoms. The Morgan fingerprint density at radius 2 is 1.82 bits per heavy atom. The van der Waals surface area contributed by atoms with Gasteiger partial charge in [0.15, 0.2) is 11.4 Å². The van der Waals surface area contributed by atoms with E-state index in [1.165, 1.54) is 11.8 Å². The van der Waals surface area contributed by atoms with Gasteiger partial charge in [-0.2, -0.15) is 13.2 Å². The number of carbonyl (C=O) groups is 1. The number of rotatable bonds is 4. The summed E-state index contributed by atoms with van der Waals surface area (Å²) in [4.78, 5) is 15.6. The molecule has 1 aromatic carbocycles. The topological polar surface area (TPSA) is 58.1 Å². The molecule has 1 saturated heterocycles. The van der Waals surface area contributed by atoms with Crippen LogP contribution in [0, 0.1) is 0 Å². The molecule has 28 heavy (non-hydrogen) atoms. The van der Waals surface area contributed by atoms with Gasteiger partial charge < -0.3 is 10.2 Å². The average Bonchev–Trinajstić information content (AvgIpc) is 2.96. The summed E-state index contributed by atoms with van der Waals surface area (Å²) in [6.07, 6.45) is 1.06. The van der Waals surface area contributed by atoms with Crippen molar-refractivity contribution in [2.75, 3.05) is 29.6 Å². The lowest BCUT2D eigenvalue weighted by atomic mass is 10.2. The number of thioether (sulfide) groups is 1. The molecule has 1 fully saturated rings. The second-order valence-electron chi connectivity index (χ2n) is 6.55. The zero-order chi connectivity index (χ0) is 20.1. The van der Waals surface area contributed by atoms with E-state index in [4.69, 9.17) is 0 Å². The van der Waals surface area contributed by atoms with Gasteiger partial charge in [-0.25, -0.2) is 0 Å². The highest BCUT2D eigenvalue weighted by Gasteiger charge is 2.35. The number of aromatic nitrogens is 2. The van der Waals surface area contributed by atoms with Gasteiger partial charge in [-0.15, -0.1) is 22.0 Å². The van der Waals surface area contributed by atoms with Crippen LogP contribution in [0.5, 0.6) is 0 Å². The Balaban J connectivity index is 1.94. The Hall–Kier alpha value is -2.29. The highest BCUT2D eigenvalue weighted by Crippen LogP contribution is 2.32. The molecule has 1 amide bonds. The van der Waals surface area contributed by atoms with Gasteiger partial charge in [-0.05, 0) is 43.4 Å². The Bertz CT molecular complexity index is 836. The predicted molar refractivity (Wildman–Crippen MR) is 104 cm³/mol. The van der Waals surface area contributed by atoms with Gasteiger partial charge in [0.05, 0.1) is 5.69 Å². The third kappa shape index (κ3) is 4.95. The summed E-state index contributed by atoms with van der Waals surface area (Å²) in [6, 6.07) is 8.16. The zero-order valence-corrected chi connectivity index (χ0v) is 16.2. The van der Waals surface area contributed by atoms with Crippen molar-refractivity contribution in [1.82, 2.24) is 10.2 Å². The molecule has 2 heterocycles. The van der Waals surface area contributed by atoms with Gasteiger partial charge in [0.25, 0.3) is 5.91 Å². The van der Waals surface area contributed by atoms with E-state index >= 15 is 0 Å². The first-order valence-electron chi connectivity index (χ1n) is 9.04. The lowest BCUT2D eigenvalue weighted by molar-refractivity contribution is -0.141. The molecule has 1 aromatic heterocycles. The fourth-order valence-electron chi connectivity index (χ4n) is 3.13. The number of nitrogens with one attached hydrogen (secondary N) is 1. The summed E-state index contributed by atoms with van der Waals surface area (Å²) < 4.78 is 39.5. The molecule has 1 N–H and O–H groups in total. The van der Waals surface area contributed by atoms with Crippen molar-refractivity contribution in [1.29, 1.82) is 0 Å². The standard InChI is InChI=1S/C19H21F3N4OS/c1-28-14-8-6-7-13(11-14)23-18(27)17-15(26-9-4-2-3-5-10-26)12-16(24-25-17)19(20,21)22/h6-8,11-12H,2-5,9-10H2,1H3,(H,23,27). The van der Waals surface area contributed by atoms with E-state index in [-0.39, 0.29) is 11.4 Å². The van der Waals surface area contributed by atoms with E-state index in [0.717, 1.165) is 36.6 Å². The molecule has 0 radical (unpaired) electrons. The minimum Gasteiger partial charge on any atom is -0.370 e. The summed E-state index contributed by atoms with van der Waals surface area (Å²) in [5, 5.41) is 9.64. The van der Waals surface area contributed by atoms with Crippen LogP contribution in [0.25, 0.3) is 0 Å². The van der Waals surface area contributed by atoms with Crippen LogP contribution < -0.4 is 10.2 Å². The van der Waals surface area contributed by atoms with E-state index in [2.05, 4.69) is 15.5 Å². The fraction of sp³-hybridized carbons (Fsp3) is 0.421. The predicted octanol–water partition coefficient (Wildman–Crippen LogP) is 4.85. The Labute approximate surface area is 165 Å². The van der Waals surface area contributed by atoms with Crippen molar-refractivity contribution in [3.05, 3.63) is 41.7 Å². The van der Waals surface area contributed by atoms with Gasteiger partial charge in [-0.1, -0.05) is 18.9 Å².